The zero-order valence-electron chi connectivity index (χ0n) is 22.6. The molecule has 10 nitrogen and oxygen atoms in total. The Morgan fingerprint density at radius 2 is 1.77 bits per heavy atom. The molecule has 43 heavy (non-hydrogen) atoms. The number of aromatic nitrogens is 4. The van der Waals surface area contributed by atoms with E-state index in [4.69, 9.17) is 9.47 Å². The van der Waals surface area contributed by atoms with Gasteiger partial charge in [-0.2, -0.15) is 13.2 Å². The number of methoxy groups -OCH3 is 2. The topological polar surface area (TPSA) is 119 Å². The Labute approximate surface area is 244 Å². The van der Waals surface area contributed by atoms with Crippen molar-refractivity contribution in [3.8, 4) is 22.8 Å². The highest BCUT2D eigenvalue weighted by Crippen LogP contribution is 2.37. The molecule has 16 heteroatoms. The number of hydrogen-bond donors (Lipinski definition) is 1. The van der Waals surface area contributed by atoms with Gasteiger partial charge < -0.3 is 14.4 Å². The zero-order chi connectivity index (χ0) is 31.1. The van der Waals surface area contributed by atoms with E-state index in [0.717, 1.165) is 36.8 Å². The van der Waals surface area contributed by atoms with E-state index in [1.165, 1.54) is 18.2 Å². The highest BCUT2D eigenvalue weighted by atomic mass is 32.1. The smallest absolute Gasteiger partial charge is 0.433 e. The van der Waals surface area contributed by atoms with E-state index in [0.29, 0.717) is 27.9 Å². The molecule has 0 fully saturated rings. The molecule has 0 radical (unpaired) electrons. The Hall–Kier alpha value is -4.73. The largest absolute Gasteiger partial charge is 0.494 e. The summed E-state index contributed by atoms with van der Waals surface area (Å²) in [5.41, 5.74) is -0.193. The molecule has 0 bridgehead atoms. The summed E-state index contributed by atoms with van der Waals surface area (Å²) in [6.45, 7) is 1.81. The molecule has 1 aliphatic heterocycles. The van der Waals surface area contributed by atoms with Gasteiger partial charge >= 0.3 is 6.18 Å². The minimum Gasteiger partial charge on any atom is -0.494 e. The van der Waals surface area contributed by atoms with Crippen LogP contribution in [-0.2, 0) is 19.3 Å². The van der Waals surface area contributed by atoms with Gasteiger partial charge in [0, 0.05) is 23.0 Å². The summed E-state index contributed by atoms with van der Waals surface area (Å²) in [6.07, 6.45) is -5.07. The van der Waals surface area contributed by atoms with Crippen molar-refractivity contribution in [2.75, 3.05) is 19.5 Å². The predicted molar refractivity (Wildman–Crippen MR) is 143 cm³/mol. The summed E-state index contributed by atoms with van der Waals surface area (Å²) in [6, 6.07) is 4.44. The number of thiazole rings is 1. The van der Waals surface area contributed by atoms with E-state index in [1.807, 2.05) is 0 Å². The van der Waals surface area contributed by atoms with Crippen LogP contribution in [0.25, 0.3) is 11.1 Å². The lowest BCUT2D eigenvalue weighted by molar-refractivity contribution is -0.141. The van der Waals surface area contributed by atoms with Crippen LogP contribution in [0, 0.1) is 6.92 Å². The van der Waals surface area contributed by atoms with Gasteiger partial charge in [-0.25, -0.2) is 18.7 Å². The van der Waals surface area contributed by atoms with Gasteiger partial charge in [-0.15, -0.1) is 0 Å². The van der Waals surface area contributed by atoms with Crippen molar-refractivity contribution in [1.82, 2.24) is 24.8 Å². The van der Waals surface area contributed by atoms with Gasteiger partial charge in [0.2, 0.25) is 5.88 Å². The van der Waals surface area contributed by atoms with Crippen LogP contribution in [0.1, 0.15) is 54.8 Å². The summed E-state index contributed by atoms with van der Waals surface area (Å²) >= 11 is 1.11. The number of rotatable bonds is 7. The van der Waals surface area contributed by atoms with Gasteiger partial charge in [-0.3, -0.25) is 24.9 Å². The quantitative estimate of drug-likeness (QED) is 0.262. The van der Waals surface area contributed by atoms with E-state index in [2.05, 4.69) is 25.3 Å². The lowest BCUT2D eigenvalue weighted by Crippen LogP contribution is -2.26. The predicted octanol–water partition coefficient (Wildman–Crippen LogP) is 5.69. The summed E-state index contributed by atoms with van der Waals surface area (Å²) in [5.74, 6) is -1.48. The SMILES string of the molecule is COc1cnc(C(F)F)cc1-c1cc(C)ncc1C(=O)Nc1nc2c(s1)CN(C(=O)c1ccc(C(F)(F)F)nc1OC)C2. The number of fused-ring (bicyclic) bond motifs is 1. The maximum Gasteiger partial charge on any atom is 0.433 e. The first-order valence-electron chi connectivity index (χ1n) is 12.4. The Kier molecular flexibility index (Phi) is 7.96. The molecule has 0 atom stereocenters. The van der Waals surface area contributed by atoms with Crippen LogP contribution < -0.4 is 14.8 Å². The van der Waals surface area contributed by atoms with Crippen LogP contribution in [0.5, 0.6) is 11.6 Å². The molecule has 2 amide bonds. The van der Waals surface area contributed by atoms with Crippen LogP contribution in [0.4, 0.5) is 27.1 Å². The van der Waals surface area contributed by atoms with Crippen LogP contribution in [0.3, 0.4) is 0 Å². The number of amides is 2. The summed E-state index contributed by atoms with van der Waals surface area (Å²) in [4.78, 5) is 44.1. The number of nitrogens with one attached hydrogen (secondary N) is 1. The third-order valence-corrected chi connectivity index (χ3v) is 7.44. The number of anilines is 1. The molecule has 0 spiro atoms. The second-order valence-electron chi connectivity index (χ2n) is 9.24. The fourth-order valence-electron chi connectivity index (χ4n) is 4.40. The average Bonchev–Trinajstić information content (AvgIpc) is 3.54. The first-order chi connectivity index (χ1) is 20.4. The molecule has 1 aliphatic rings. The molecule has 0 aromatic carbocycles. The van der Waals surface area contributed by atoms with Gasteiger partial charge in [0.25, 0.3) is 18.2 Å². The van der Waals surface area contributed by atoms with Crippen LogP contribution in [0.15, 0.2) is 36.7 Å². The zero-order valence-corrected chi connectivity index (χ0v) is 23.4. The van der Waals surface area contributed by atoms with Crippen molar-refractivity contribution in [3.05, 3.63) is 75.4 Å². The third-order valence-electron chi connectivity index (χ3n) is 6.44. The van der Waals surface area contributed by atoms with Crippen LogP contribution >= 0.6 is 11.3 Å². The molecule has 0 saturated heterocycles. The third kappa shape index (κ3) is 5.95. The summed E-state index contributed by atoms with van der Waals surface area (Å²) < 4.78 is 76.1. The van der Waals surface area contributed by atoms with Crippen molar-refractivity contribution in [2.45, 2.75) is 32.6 Å². The number of hydrogen-bond acceptors (Lipinski definition) is 9. The minimum atomic E-state index is -4.70. The Balaban J connectivity index is 1.35. The van der Waals surface area contributed by atoms with Crippen molar-refractivity contribution in [1.29, 1.82) is 0 Å². The Bertz CT molecular complexity index is 1710. The molecule has 1 N–H and O–H groups in total. The van der Waals surface area contributed by atoms with Crippen LogP contribution in [0.2, 0.25) is 0 Å². The van der Waals surface area contributed by atoms with Gasteiger partial charge in [0.05, 0.1) is 49.6 Å². The van der Waals surface area contributed by atoms with Crippen molar-refractivity contribution >= 4 is 28.3 Å². The maximum atomic E-state index is 13.4. The lowest BCUT2D eigenvalue weighted by Gasteiger charge is -2.17. The molecular weight excluding hydrogens is 599 g/mol. The normalized spacial score (nSPS) is 12.8. The van der Waals surface area contributed by atoms with Crippen molar-refractivity contribution < 1.29 is 41.0 Å². The molecule has 0 unspecified atom stereocenters. The summed E-state index contributed by atoms with van der Waals surface area (Å²) in [7, 11) is 2.47. The number of aryl methyl sites for hydroxylation is 1. The number of nitrogens with zero attached hydrogens (tertiary/aromatic N) is 5. The lowest BCUT2D eigenvalue weighted by atomic mass is 9.99. The molecule has 224 valence electrons. The van der Waals surface area contributed by atoms with Crippen LogP contribution in [-0.4, -0.2) is 50.9 Å². The van der Waals surface area contributed by atoms with Crippen molar-refractivity contribution in [3.63, 3.8) is 0 Å². The number of ether oxygens (including phenoxy) is 2. The van der Waals surface area contributed by atoms with E-state index < -0.39 is 41.7 Å². The molecular formula is C27H21F5N6O4S. The average molecular weight is 621 g/mol. The van der Waals surface area contributed by atoms with Gasteiger partial charge in [0.1, 0.15) is 22.7 Å². The fraction of sp³-hybridized carbons (Fsp3) is 0.259. The van der Waals surface area contributed by atoms with E-state index >= 15 is 0 Å². The number of carbonyl (C=O) groups is 2. The molecule has 0 aliphatic carbocycles. The Morgan fingerprint density at radius 3 is 2.42 bits per heavy atom. The second kappa shape index (κ2) is 11.5. The van der Waals surface area contributed by atoms with Gasteiger partial charge in [0.15, 0.2) is 5.13 Å². The molecule has 4 aromatic rings. The van der Waals surface area contributed by atoms with E-state index in [1.54, 1.807) is 13.0 Å². The maximum absolute atomic E-state index is 13.4. The number of carbonyl (C=O) groups excluding carboxylic acids is 2. The first kappa shape index (κ1) is 29.8. The highest BCUT2D eigenvalue weighted by molar-refractivity contribution is 7.16. The number of alkyl halides is 5. The highest BCUT2D eigenvalue weighted by Gasteiger charge is 2.35. The standard InChI is InChI=1S/C27H21F5N6O4S/c1-12-6-14(15-7-17(22(28)29)34-9-19(15)41-2)16(8-33-12)23(39)37-26-35-18-10-38(11-20(18)43-26)25(40)13-4-5-21(27(30,31)32)36-24(13)42-3/h4-9,22H,10-11H2,1-3H3,(H,35,37,39). The number of pyridine rings is 3. The van der Waals surface area contributed by atoms with Gasteiger partial charge in [-0.05, 0) is 31.2 Å². The number of halogens is 5. The summed E-state index contributed by atoms with van der Waals surface area (Å²) in [5, 5.41) is 2.91. The molecule has 0 saturated carbocycles. The second-order valence-corrected chi connectivity index (χ2v) is 10.3. The molecule has 5 rings (SSSR count). The minimum absolute atomic E-state index is 0.0344. The van der Waals surface area contributed by atoms with Gasteiger partial charge in [-0.1, -0.05) is 11.3 Å². The fourth-order valence-corrected chi connectivity index (χ4v) is 5.39. The molecule has 4 aromatic heterocycles. The monoisotopic (exact) mass is 620 g/mol. The van der Waals surface area contributed by atoms with E-state index in [9.17, 15) is 31.5 Å². The Morgan fingerprint density at radius 1 is 1.00 bits per heavy atom. The van der Waals surface area contributed by atoms with Crippen molar-refractivity contribution in [2.24, 2.45) is 0 Å². The molecule has 5 heterocycles. The first-order valence-corrected chi connectivity index (χ1v) is 13.2. The van der Waals surface area contributed by atoms with E-state index in [-0.39, 0.29) is 40.7 Å².